The van der Waals surface area contributed by atoms with Gasteiger partial charge in [-0.1, -0.05) is 6.07 Å². The fourth-order valence-electron chi connectivity index (χ4n) is 3.71. The third kappa shape index (κ3) is 2.13. The van der Waals surface area contributed by atoms with E-state index in [1.54, 1.807) is 10.4 Å². The standard InChI is InChI=1S/C17H21NOS/c19-12-9-7-11(8-10-12)18-14-4-2-6-16-17(14)13-3-1-5-15(13)20-16/h2,4,6,11-12,18-19H,1,3,5,7-10H2. The highest BCUT2D eigenvalue weighted by Crippen LogP contribution is 2.41. The molecule has 1 aromatic heterocycles. The molecule has 0 unspecified atom stereocenters. The lowest BCUT2D eigenvalue weighted by Gasteiger charge is -2.27. The summed E-state index contributed by atoms with van der Waals surface area (Å²) in [6.45, 7) is 0. The zero-order valence-electron chi connectivity index (χ0n) is 11.7. The first kappa shape index (κ1) is 12.7. The minimum absolute atomic E-state index is 0.0748. The van der Waals surface area contributed by atoms with E-state index in [1.165, 1.54) is 35.0 Å². The molecule has 3 heteroatoms. The first-order valence-electron chi connectivity index (χ1n) is 7.79. The number of hydrogen-bond acceptors (Lipinski definition) is 3. The lowest BCUT2D eigenvalue weighted by molar-refractivity contribution is 0.126. The molecular weight excluding hydrogens is 266 g/mol. The molecule has 0 aliphatic heterocycles. The monoisotopic (exact) mass is 287 g/mol. The molecule has 1 saturated carbocycles. The number of rotatable bonds is 2. The number of thiophene rings is 1. The van der Waals surface area contributed by atoms with Crippen molar-refractivity contribution in [2.75, 3.05) is 5.32 Å². The van der Waals surface area contributed by atoms with Crippen LogP contribution in [0.2, 0.25) is 0 Å². The normalized spacial score (nSPS) is 25.9. The van der Waals surface area contributed by atoms with Crippen LogP contribution in [0.15, 0.2) is 18.2 Å². The quantitative estimate of drug-likeness (QED) is 0.871. The maximum Gasteiger partial charge on any atom is 0.0541 e. The number of nitrogens with one attached hydrogen (secondary N) is 1. The van der Waals surface area contributed by atoms with Crippen LogP contribution >= 0.6 is 11.3 Å². The Kier molecular flexibility index (Phi) is 3.20. The highest BCUT2D eigenvalue weighted by Gasteiger charge is 2.22. The van der Waals surface area contributed by atoms with E-state index in [9.17, 15) is 5.11 Å². The minimum Gasteiger partial charge on any atom is -0.393 e. The van der Waals surface area contributed by atoms with E-state index >= 15 is 0 Å². The van der Waals surface area contributed by atoms with Gasteiger partial charge >= 0.3 is 0 Å². The maximum absolute atomic E-state index is 9.63. The molecule has 0 spiro atoms. The average molecular weight is 287 g/mol. The molecule has 2 aliphatic carbocycles. The Bertz CT molecular complexity index is 625. The number of anilines is 1. The van der Waals surface area contributed by atoms with E-state index in [0.717, 1.165) is 25.7 Å². The summed E-state index contributed by atoms with van der Waals surface area (Å²) in [5.74, 6) is 0. The predicted octanol–water partition coefficient (Wildman–Crippen LogP) is 4.11. The Hall–Kier alpha value is -1.06. The first-order valence-corrected chi connectivity index (χ1v) is 8.61. The SMILES string of the molecule is OC1CCC(Nc2cccc3sc4c(c23)CCC4)CC1. The van der Waals surface area contributed by atoms with Crippen molar-refractivity contribution in [3.63, 3.8) is 0 Å². The lowest BCUT2D eigenvalue weighted by atomic mass is 9.93. The Labute approximate surface area is 123 Å². The van der Waals surface area contributed by atoms with Gasteiger partial charge in [-0.15, -0.1) is 11.3 Å². The number of aliphatic hydroxyl groups excluding tert-OH is 1. The van der Waals surface area contributed by atoms with Gasteiger partial charge in [0.25, 0.3) is 0 Å². The predicted molar refractivity (Wildman–Crippen MR) is 85.7 cm³/mol. The Balaban J connectivity index is 1.66. The fourth-order valence-corrected chi connectivity index (χ4v) is 5.03. The second kappa shape index (κ2) is 5.05. The summed E-state index contributed by atoms with van der Waals surface area (Å²) in [6.07, 6.45) is 7.81. The molecule has 106 valence electrons. The topological polar surface area (TPSA) is 32.3 Å². The molecule has 0 radical (unpaired) electrons. The summed E-state index contributed by atoms with van der Waals surface area (Å²) in [5.41, 5.74) is 2.92. The van der Waals surface area contributed by atoms with Gasteiger partial charge in [-0.2, -0.15) is 0 Å². The van der Waals surface area contributed by atoms with Crippen LogP contribution in [-0.4, -0.2) is 17.3 Å². The van der Waals surface area contributed by atoms with Crippen LogP contribution < -0.4 is 5.32 Å². The summed E-state index contributed by atoms with van der Waals surface area (Å²) in [4.78, 5) is 1.60. The highest BCUT2D eigenvalue weighted by atomic mass is 32.1. The largest absolute Gasteiger partial charge is 0.393 e. The van der Waals surface area contributed by atoms with Crippen molar-refractivity contribution in [1.82, 2.24) is 0 Å². The molecule has 0 atom stereocenters. The average Bonchev–Trinajstić information content (AvgIpc) is 3.02. The Morgan fingerprint density at radius 2 is 1.95 bits per heavy atom. The zero-order chi connectivity index (χ0) is 13.5. The second-order valence-electron chi connectivity index (χ2n) is 6.19. The van der Waals surface area contributed by atoms with E-state index in [1.807, 2.05) is 11.3 Å². The van der Waals surface area contributed by atoms with Gasteiger partial charge in [-0.05, 0) is 62.6 Å². The molecule has 0 bridgehead atoms. The summed E-state index contributed by atoms with van der Waals surface area (Å²) >= 11 is 1.98. The second-order valence-corrected chi connectivity index (χ2v) is 7.32. The maximum atomic E-state index is 9.63. The summed E-state index contributed by atoms with van der Waals surface area (Å²) in [5, 5.41) is 14.9. The molecule has 0 amide bonds. The summed E-state index contributed by atoms with van der Waals surface area (Å²) in [6, 6.07) is 7.20. The molecule has 1 heterocycles. The van der Waals surface area contributed by atoms with Gasteiger partial charge in [-0.25, -0.2) is 0 Å². The van der Waals surface area contributed by atoms with E-state index in [2.05, 4.69) is 23.5 Å². The third-order valence-corrected chi connectivity index (χ3v) is 6.04. The van der Waals surface area contributed by atoms with Crippen LogP contribution in [0.1, 0.15) is 42.5 Å². The molecular formula is C17H21NOS. The smallest absolute Gasteiger partial charge is 0.0541 e. The van der Waals surface area contributed by atoms with Crippen molar-refractivity contribution in [1.29, 1.82) is 0 Å². The van der Waals surface area contributed by atoms with Gasteiger partial charge in [0.15, 0.2) is 0 Å². The molecule has 1 aromatic carbocycles. The molecule has 2 nitrogen and oxygen atoms in total. The van der Waals surface area contributed by atoms with Crippen LogP contribution in [0.5, 0.6) is 0 Å². The molecule has 20 heavy (non-hydrogen) atoms. The van der Waals surface area contributed by atoms with Gasteiger partial charge < -0.3 is 10.4 Å². The summed E-state index contributed by atoms with van der Waals surface area (Å²) in [7, 11) is 0. The van der Waals surface area contributed by atoms with Gasteiger partial charge in [0.1, 0.15) is 0 Å². The van der Waals surface area contributed by atoms with Gasteiger partial charge in [-0.3, -0.25) is 0 Å². The molecule has 2 aliphatic rings. The van der Waals surface area contributed by atoms with Gasteiger partial charge in [0.05, 0.1) is 6.10 Å². The molecule has 1 fully saturated rings. The highest BCUT2D eigenvalue weighted by molar-refractivity contribution is 7.19. The van der Waals surface area contributed by atoms with Crippen LogP contribution in [0, 0.1) is 0 Å². The van der Waals surface area contributed by atoms with Crippen molar-refractivity contribution < 1.29 is 5.11 Å². The third-order valence-electron chi connectivity index (χ3n) is 4.78. The number of hydrogen-bond donors (Lipinski definition) is 2. The molecule has 4 rings (SSSR count). The Morgan fingerprint density at radius 1 is 1.10 bits per heavy atom. The van der Waals surface area contributed by atoms with Crippen LogP contribution in [0.3, 0.4) is 0 Å². The molecule has 2 aromatic rings. The van der Waals surface area contributed by atoms with E-state index < -0.39 is 0 Å². The first-order chi connectivity index (χ1) is 9.81. The van der Waals surface area contributed by atoms with E-state index in [0.29, 0.717) is 6.04 Å². The Morgan fingerprint density at radius 3 is 2.80 bits per heavy atom. The van der Waals surface area contributed by atoms with Gasteiger partial charge in [0, 0.05) is 26.7 Å². The van der Waals surface area contributed by atoms with Crippen LogP contribution in [-0.2, 0) is 12.8 Å². The van der Waals surface area contributed by atoms with Crippen molar-refractivity contribution in [3.05, 3.63) is 28.6 Å². The zero-order valence-corrected chi connectivity index (χ0v) is 12.5. The van der Waals surface area contributed by atoms with Gasteiger partial charge in [0.2, 0.25) is 0 Å². The molecule has 2 N–H and O–H groups in total. The summed E-state index contributed by atoms with van der Waals surface area (Å²) < 4.78 is 1.44. The number of aryl methyl sites for hydroxylation is 2. The van der Waals surface area contributed by atoms with E-state index in [4.69, 9.17) is 0 Å². The molecule has 0 saturated heterocycles. The van der Waals surface area contributed by atoms with Crippen LogP contribution in [0.25, 0.3) is 10.1 Å². The van der Waals surface area contributed by atoms with Crippen molar-refractivity contribution >= 4 is 27.1 Å². The van der Waals surface area contributed by atoms with Crippen LogP contribution in [0.4, 0.5) is 5.69 Å². The number of aliphatic hydroxyl groups is 1. The lowest BCUT2D eigenvalue weighted by Crippen LogP contribution is -2.28. The number of fused-ring (bicyclic) bond motifs is 3. The van der Waals surface area contributed by atoms with E-state index in [-0.39, 0.29) is 6.10 Å². The minimum atomic E-state index is -0.0748. The van der Waals surface area contributed by atoms with Crippen molar-refractivity contribution in [2.45, 2.75) is 57.1 Å². The fraction of sp³-hybridized carbons (Fsp3) is 0.529. The van der Waals surface area contributed by atoms with Crippen molar-refractivity contribution in [3.8, 4) is 0 Å². The number of benzene rings is 1. The van der Waals surface area contributed by atoms with Crippen molar-refractivity contribution in [2.24, 2.45) is 0 Å².